The van der Waals surface area contributed by atoms with Crippen LogP contribution < -0.4 is 15.4 Å². The summed E-state index contributed by atoms with van der Waals surface area (Å²) in [7, 11) is 1.54. The molecule has 3 N–H and O–H groups in total. The highest BCUT2D eigenvalue weighted by atomic mass is 35.5. The molecule has 34 heavy (non-hydrogen) atoms. The molecule has 8 heteroatoms. The first-order valence-corrected chi connectivity index (χ1v) is 11.5. The van der Waals surface area contributed by atoms with E-state index in [0.717, 1.165) is 41.8 Å². The number of nitrogens with one attached hydrogen (secondary N) is 2. The average Bonchev–Trinajstić information content (AvgIpc) is 3.53. The van der Waals surface area contributed by atoms with Crippen LogP contribution in [-0.4, -0.2) is 46.6 Å². The number of aliphatic hydroxyl groups excluding tert-OH is 1. The first-order chi connectivity index (χ1) is 16.6. The number of halogens is 1. The van der Waals surface area contributed by atoms with Gasteiger partial charge in [0.25, 0.3) is 5.91 Å². The molecule has 0 saturated carbocycles. The quantitative estimate of drug-likeness (QED) is 0.392. The van der Waals surface area contributed by atoms with Gasteiger partial charge in [-0.25, -0.2) is 4.98 Å². The van der Waals surface area contributed by atoms with Gasteiger partial charge in [-0.3, -0.25) is 4.79 Å². The van der Waals surface area contributed by atoms with Crippen molar-refractivity contribution in [1.29, 1.82) is 0 Å². The maximum Gasteiger partial charge on any atom is 0.251 e. The summed E-state index contributed by atoms with van der Waals surface area (Å²) in [4.78, 5) is 17.2. The molecule has 1 atom stereocenters. The van der Waals surface area contributed by atoms with Crippen LogP contribution in [0.25, 0.3) is 28.0 Å². The minimum Gasteiger partial charge on any atom is -0.495 e. The number of aliphatic hydroxyl groups is 1. The van der Waals surface area contributed by atoms with Crippen molar-refractivity contribution in [2.45, 2.75) is 19.1 Å². The van der Waals surface area contributed by atoms with Crippen LogP contribution in [0.4, 0.5) is 0 Å². The third-order valence-corrected chi connectivity index (χ3v) is 6.46. The second-order valence-electron chi connectivity index (χ2n) is 8.35. The Kier molecular flexibility index (Phi) is 6.24. The van der Waals surface area contributed by atoms with Gasteiger partial charge in [-0.05, 0) is 66.1 Å². The molecule has 0 radical (unpaired) electrons. The number of methoxy groups -OCH3 is 1. The number of hydrogen-bond donors (Lipinski definition) is 3. The summed E-state index contributed by atoms with van der Waals surface area (Å²) in [5.74, 6) is 0.462. The molecule has 5 rings (SSSR count). The normalized spacial score (nSPS) is 15.6. The van der Waals surface area contributed by atoms with Crippen molar-refractivity contribution in [3.05, 3.63) is 77.1 Å². The van der Waals surface area contributed by atoms with Gasteiger partial charge in [0.05, 0.1) is 24.4 Å². The topological polar surface area (TPSA) is 87.9 Å². The standard InChI is InChI=1S/C26H25ClN4O3/c1-34-24-10-19(15-32)21(12-22(24)27)23-14-31-9-7-18(11-25(31)30-23)16-2-4-17(5-3-16)26(33)29-20-6-8-28-13-20/h2-5,7,9-12,14,20,28,32H,6,8,13,15H2,1H3,(H,29,33). The molecular weight excluding hydrogens is 452 g/mol. The molecule has 3 heterocycles. The lowest BCUT2D eigenvalue weighted by molar-refractivity contribution is 0.0940. The second-order valence-corrected chi connectivity index (χ2v) is 8.76. The number of fused-ring (bicyclic) bond motifs is 1. The number of amides is 1. The molecule has 7 nitrogen and oxygen atoms in total. The smallest absolute Gasteiger partial charge is 0.251 e. The van der Waals surface area contributed by atoms with E-state index in [1.807, 2.05) is 53.2 Å². The van der Waals surface area contributed by atoms with Gasteiger partial charge in [0.2, 0.25) is 0 Å². The van der Waals surface area contributed by atoms with Gasteiger partial charge in [-0.2, -0.15) is 0 Å². The van der Waals surface area contributed by atoms with Crippen molar-refractivity contribution in [3.63, 3.8) is 0 Å². The number of carbonyl (C=O) groups is 1. The maximum absolute atomic E-state index is 12.5. The van der Waals surface area contributed by atoms with E-state index >= 15 is 0 Å². The highest BCUT2D eigenvalue weighted by molar-refractivity contribution is 6.32. The molecule has 2 aromatic carbocycles. The number of ether oxygens (including phenoxy) is 1. The Balaban J connectivity index is 1.41. The van der Waals surface area contributed by atoms with Gasteiger partial charge in [-0.1, -0.05) is 23.7 Å². The minimum absolute atomic E-state index is 0.0496. The summed E-state index contributed by atoms with van der Waals surface area (Å²) < 4.78 is 7.19. The number of nitrogens with zero attached hydrogens (tertiary/aromatic N) is 2. The SMILES string of the molecule is COc1cc(CO)c(-c2cn3ccc(-c4ccc(C(=O)NC5CCNC5)cc4)cc3n2)cc1Cl. The van der Waals surface area contributed by atoms with Crippen LogP contribution >= 0.6 is 11.6 Å². The molecule has 0 spiro atoms. The summed E-state index contributed by atoms with van der Waals surface area (Å²) in [5.41, 5.74) is 5.55. The van der Waals surface area contributed by atoms with Crippen molar-refractivity contribution in [2.24, 2.45) is 0 Å². The first kappa shape index (κ1) is 22.4. The Hall–Kier alpha value is -3.39. The lowest BCUT2D eigenvalue weighted by atomic mass is 10.0. The number of pyridine rings is 1. The van der Waals surface area contributed by atoms with Gasteiger partial charge in [-0.15, -0.1) is 0 Å². The Bertz CT molecular complexity index is 1340. The van der Waals surface area contributed by atoms with Crippen molar-refractivity contribution >= 4 is 23.2 Å². The molecule has 1 unspecified atom stereocenters. The summed E-state index contributed by atoms with van der Waals surface area (Å²) in [6, 6.07) is 15.3. The number of imidazole rings is 1. The molecule has 1 saturated heterocycles. The number of benzene rings is 2. The molecule has 1 aliphatic heterocycles. The van der Waals surface area contributed by atoms with Crippen LogP contribution in [-0.2, 0) is 6.61 Å². The van der Waals surface area contributed by atoms with E-state index in [-0.39, 0.29) is 18.6 Å². The summed E-state index contributed by atoms with van der Waals surface area (Å²) in [6.07, 6.45) is 4.80. The van der Waals surface area contributed by atoms with E-state index in [4.69, 9.17) is 21.3 Å². The number of aromatic nitrogens is 2. The predicted octanol–water partition coefficient (Wildman–Crippen LogP) is 3.91. The molecule has 1 amide bonds. The van der Waals surface area contributed by atoms with Crippen molar-refractivity contribution in [2.75, 3.05) is 20.2 Å². The fraction of sp³-hybridized carbons (Fsp3) is 0.231. The lowest BCUT2D eigenvalue weighted by Gasteiger charge is -2.11. The largest absolute Gasteiger partial charge is 0.495 e. The van der Waals surface area contributed by atoms with Crippen molar-refractivity contribution in [1.82, 2.24) is 20.0 Å². The van der Waals surface area contributed by atoms with Gasteiger partial charge < -0.3 is 24.9 Å². The summed E-state index contributed by atoms with van der Waals surface area (Å²) in [6.45, 7) is 1.60. The summed E-state index contributed by atoms with van der Waals surface area (Å²) >= 11 is 6.32. The van der Waals surface area contributed by atoms with Gasteiger partial charge in [0.1, 0.15) is 11.4 Å². The zero-order valence-electron chi connectivity index (χ0n) is 18.7. The number of hydrogen-bond acceptors (Lipinski definition) is 5. The highest BCUT2D eigenvalue weighted by Gasteiger charge is 2.18. The molecule has 1 aliphatic rings. The molecule has 2 aromatic heterocycles. The van der Waals surface area contributed by atoms with E-state index in [0.29, 0.717) is 27.6 Å². The van der Waals surface area contributed by atoms with E-state index in [1.165, 1.54) is 0 Å². The van der Waals surface area contributed by atoms with Gasteiger partial charge in [0.15, 0.2) is 0 Å². The van der Waals surface area contributed by atoms with Crippen LogP contribution in [0, 0.1) is 0 Å². The first-order valence-electron chi connectivity index (χ1n) is 11.1. The maximum atomic E-state index is 12.5. The van der Waals surface area contributed by atoms with E-state index in [1.54, 1.807) is 19.2 Å². The molecular formula is C26H25ClN4O3. The van der Waals surface area contributed by atoms with Gasteiger partial charge >= 0.3 is 0 Å². The molecule has 0 bridgehead atoms. The van der Waals surface area contributed by atoms with Crippen LogP contribution in [0.3, 0.4) is 0 Å². The van der Waals surface area contributed by atoms with E-state index in [9.17, 15) is 9.90 Å². The third-order valence-electron chi connectivity index (χ3n) is 6.16. The highest BCUT2D eigenvalue weighted by Crippen LogP contribution is 2.34. The fourth-order valence-corrected chi connectivity index (χ4v) is 4.51. The van der Waals surface area contributed by atoms with Crippen molar-refractivity contribution < 1.29 is 14.6 Å². The zero-order valence-corrected chi connectivity index (χ0v) is 19.5. The molecule has 174 valence electrons. The molecule has 1 fully saturated rings. The lowest BCUT2D eigenvalue weighted by Crippen LogP contribution is -2.36. The second kappa shape index (κ2) is 9.46. The van der Waals surface area contributed by atoms with Crippen LogP contribution in [0.15, 0.2) is 60.9 Å². The Morgan fingerprint density at radius 2 is 2.06 bits per heavy atom. The van der Waals surface area contributed by atoms with Gasteiger partial charge in [0, 0.05) is 36.1 Å². The summed E-state index contributed by atoms with van der Waals surface area (Å²) in [5, 5.41) is 16.6. The van der Waals surface area contributed by atoms with Crippen molar-refractivity contribution in [3.8, 4) is 28.1 Å². The Morgan fingerprint density at radius 1 is 1.24 bits per heavy atom. The fourth-order valence-electron chi connectivity index (χ4n) is 4.27. The Morgan fingerprint density at radius 3 is 2.76 bits per heavy atom. The van der Waals surface area contributed by atoms with Crippen LogP contribution in [0.1, 0.15) is 22.3 Å². The third kappa shape index (κ3) is 4.37. The minimum atomic E-state index is -0.154. The number of rotatable bonds is 6. The monoisotopic (exact) mass is 476 g/mol. The van der Waals surface area contributed by atoms with Crippen LogP contribution in [0.2, 0.25) is 5.02 Å². The predicted molar refractivity (Wildman–Crippen MR) is 132 cm³/mol. The number of carbonyl (C=O) groups excluding carboxylic acids is 1. The van der Waals surface area contributed by atoms with E-state index < -0.39 is 0 Å². The van der Waals surface area contributed by atoms with E-state index in [2.05, 4.69) is 10.6 Å². The Labute approximate surface area is 202 Å². The zero-order chi connectivity index (χ0) is 23.7. The average molecular weight is 477 g/mol. The molecule has 4 aromatic rings. The van der Waals surface area contributed by atoms with Crippen LogP contribution in [0.5, 0.6) is 5.75 Å². The molecule has 0 aliphatic carbocycles.